The summed E-state index contributed by atoms with van der Waals surface area (Å²) >= 11 is 12.0. The van der Waals surface area contributed by atoms with Crippen LogP contribution in [0.5, 0.6) is 0 Å². The van der Waals surface area contributed by atoms with E-state index in [9.17, 15) is 0 Å². The Morgan fingerprint density at radius 2 is 1.71 bits per heavy atom. The molecule has 0 fully saturated rings. The first-order chi connectivity index (χ1) is 10.1. The molecule has 21 heavy (non-hydrogen) atoms. The molecule has 0 aliphatic rings. The van der Waals surface area contributed by atoms with Gasteiger partial charge in [0.05, 0.1) is 5.52 Å². The number of fused-ring (bicyclic) bond motifs is 1. The van der Waals surface area contributed by atoms with Crippen LogP contribution < -0.4 is 5.32 Å². The van der Waals surface area contributed by atoms with E-state index < -0.39 is 0 Å². The van der Waals surface area contributed by atoms with Crippen molar-refractivity contribution in [3.05, 3.63) is 69.8 Å². The quantitative estimate of drug-likeness (QED) is 0.693. The zero-order chi connectivity index (χ0) is 14.8. The van der Waals surface area contributed by atoms with Crippen LogP contribution in [0.1, 0.15) is 11.3 Å². The molecule has 2 aromatic carbocycles. The van der Waals surface area contributed by atoms with Crippen LogP contribution in [0.25, 0.3) is 10.9 Å². The van der Waals surface area contributed by atoms with Crippen LogP contribution in [0.4, 0.5) is 5.69 Å². The minimum Gasteiger partial charge on any atom is -0.381 e. The summed E-state index contributed by atoms with van der Waals surface area (Å²) in [6.45, 7) is 2.70. The molecule has 0 spiro atoms. The molecule has 0 bridgehead atoms. The number of nitrogens with zero attached hydrogens (tertiary/aromatic N) is 1. The first-order valence-electron chi connectivity index (χ1n) is 6.67. The number of pyridine rings is 1. The summed E-state index contributed by atoms with van der Waals surface area (Å²) in [5, 5.41) is 5.77. The van der Waals surface area contributed by atoms with Crippen LogP contribution >= 0.6 is 23.2 Å². The number of hydrogen-bond acceptors (Lipinski definition) is 2. The number of aryl methyl sites for hydroxylation is 1. The second-order valence-corrected chi connectivity index (χ2v) is 5.82. The van der Waals surface area contributed by atoms with Gasteiger partial charge in [-0.3, -0.25) is 4.98 Å². The molecule has 0 amide bonds. The zero-order valence-electron chi connectivity index (χ0n) is 11.5. The summed E-state index contributed by atoms with van der Waals surface area (Å²) in [4.78, 5) is 4.55. The highest BCUT2D eigenvalue weighted by atomic mass is 35.5. The largest absolute Gasteiger partial charge is 0.381 e. The van der Waals surface area contributed by atoms with Crippen LogP contribution in [-0.2, 0) is 6.54 Å². The number of para-hydroxylation sites is 1. The van der Waals surface area contributed by atoms with Gasteiger partial charge in [-0.25, -0.2) is 0 Å². The molecule has 1 aromatic heterocycles. The van der Waals surface area contributed by atoms with Crippen molar-refractivity contribution >= 4 is 39.8 Å². The average Bonchev–Trinajstić information content (AvgIpc) is 2.43. The first-order valence-corrected chi connectivity index (χ1v) is 7.42. The van der Waals surface area contributed by atoms with E-state index in [2.05, 4.69) is 22.4 Å². The molecule has 0 saturated heterocycles. The van der Waals surface area contributed by atoms with Crippen LogP contribution in [0.2, 0.25) is 10.0 Å². The van der Waals surface area contributed by atoms with Gasteiger partial charge in [-0.1, -0.05) is 41.4 Å². The van der Waals surface area contributed by atoms with E-state index in [4.69, 9.17) is 23.2 Å². The predicted molar refractivity (Wildman–Crippen MR) is 90.3 cm³/mol. The number of nitrogens with one attached hydrogen (secondary N) is 1. The molecule has 0 atom stereocenters. The monoisotopic (exact) mass is 316 g/mol. The second kappa shape index (κ2) is 5.92. The summed E-state index contributed by atoms with van der Waals surface area (Å²) in [7, 11) is 0. The average molecular weight is 317 g/mol. The van der Waals surface area contributed by atoms with Crippen LogP contribution in [0.15, 0.2) is 48.5 Å². The van der Waals surface area contributed by atoms with Crippen molar-refractivity contribution in [2.45, 2.75) is 13.5 Å². The highest BCUT2D eigenvalue weighted by molar-refractivity contribution is 6.35. The van der Waals surface area contributed by atoms with Gasteiger partial charge >= 0.3 is 0 Å². The number of anilines is 1. The van der Waals surface area contributed by atoms with Crippen molar-refractivity contribution in [2.75, 3.05) is 5.32 Å². The maximum absolute atomic E-state index is 6.02. The molecule has 1 heterocycles. The number of halogens is 2. The summed E-state index contributed by atoms with van der Waals surface area (Å²) < 4.78 is 0. The Morgan fingerprint density at radius 3 is 2.48 bits per heavy atom. The van der Waals surface area contributed by atoms with Gasteiger partial charge in [0.2, 0.25) is 0 Å². The molecule has 1 N–H and O–H groups in total. The van der Waals surface area contributed by atoms with E-state index in [-0.39, 0.29) is 0 Å². The molecule has 106 valence electrons. The molecule has 4 heteroatoms. The van der Waals surface area contributed by atoms with Gasteiger partial charge in [-0.15, -0.1) is 0 Å². The van der Waals surface area contributed by atoms with Crippen molar-refractivity contribution in [3.63, 3.8) is 0 Å². The highest BCUT2D eigenvalue weighted by Crippen LogP contribution is 2.24. The molecule has 0 aliphatic carbocycles. The van der Waals surface area contributed by atoms with Crippen molar-refractivity contribution in [1.29, 1.82) is 0 Å². The maximum Gasteiger partial charge on any atom is 0.0708 e. The third-order valence-corrected chi connectivity index (χ3v) is 3.71. The van der Waals surface area contributed by atoms with Gasteiger partial charge in [-0.2, -0.15) is 0 Å². The highest BCUT2D eigenvalue weighted by Gasteiger charge is 2.04. The Bertz CT molecular complexity index is 780. The molecular formula is C17H14Cl2N2. The summed E-state index contributed by atoms with van der Waals surface area (Å²) in [6, 6.07) is 15.7. The molecule has 0 radical (unpaired) electrons. The van der Waals surface area contributed by atoms with Gasteiger partial charge in [-0.05, 0) is 42.8 Å². The Balaban J connectivity index is 1.91. The van der Waals surface area contributed by atoms with E-state index in [0.29, 0.717) is 16.6 Å². The number of hydrogen-bond donors (Lipinski definition) is 1. The summed E-state index contributed by atoms with van der Waals surface area (Å²) in [6.07, 6.45) is 0. The van der Waals surface area contributed by atoms with Gasteiger partial charge < -0.3 is 5.32 Å². The topological polar surface area (TPSA) is 24.9 Å². The van der Waals surface area contributed by atoms with Crippen LogP contribution in [-0.4, -0.2) is 4.98 Å². The fraction of sp³-hybridized carbons (Fsp3) is 0.118. The summed E-state index contributed by atoms with van der Waals surface area (Å²) in [5.41, 5.74) is 4.13. The normalized spacial score (nSPS) is 10.8. The van der Waals surface area contributed by atoms with Crippen molar-refractivity contribution in [1.82, 2.24) is 4.98 Å². The molecule has 3 aromatic rings. The Labute approximate surface area is 133 Å². The molecule has 0 aliphatic heterocycles. The lowest BCUT2D eigenvalue weighted by Crippen LogP contribution is -2.01. The Morgan fingerprint density at radius 1 is 1.00 bits per heavy atom. The van der Waals surface area contributed by atoms with Crippen LogP contribution in [0.3, 0.4) is 0 Å². The van der Waals surface area contributed by atoms with E-state index in [1.165, 1.54) is 5.56 Å². The third-order valence-electron chi connectivity index (χ3n) is 3.28. The van der Waals surface area contributed by atoms with Crippen molar-refractivity contribution in [3.8, 4) is 0 Å². The van der Waals surface area contributed by atoms with Gasteiger partial charge in [0.1, 0.15) is 0 Å². The molecule has 0 saturated carbocycles. The molecule has 0 unspecified atom stereocenters. The lowest BCUT2D eigenvalue weighted by Gasteiger charge is -2.11. The first kappa shape index (κ1) is 14.2. The Hall–Kier alpha value is -1.77. The molecule has 3 rings (SSSR count). The summed E-state index contributed by atoms with van der Waals surface area (Å²) in [5.74, 6) is 0. The second-order valence-electron chi connectivity index (χ2n) is 4.95. The van der Waals surface area contributed by atoms with E-state index in [1.54, 1.807) is 6.07 Å². The number of aromatic nitrogens is 1. The molecule has 2 nitrogen and oxygen atoms in total. The van der Waals surface area contributed by atoms with Crippen molar-refractivity contribution < 1.29 is 0 Å². The smallest absolute Gasteiger partial charge is 0.0708 e. The lowest BCUT2D eigenvalue weighted by molar-refractivity contribution is 1.13. The SMILES string of the molecule is Cc1cc(CNc2cc(Cl)cc(Cl)c2)c2ccccc2n1. The van der Waals surface area contributed by atoms with E-state index in [1.807, 2.05) is 37.3 Å². The minimum absolute atomic E-state index is 0.626. The van der Waals surface area contributed by atoms with Gasteiger partial charge in [0.15, 0.2) is 0 Å². The van der Waals surface area contributed by atoms with E-state index >= 15 is 0 Å². The lowest BCUT2D eigenvalue weighted by atomic mass is 10.1. The third kappa shape index (κ3) is 3.29. The van der Waals surface area contributed by atoms with Crippen LogP contribution in [0, 0.1) is 6.92 Å². The van der Waals surface area contributed by atoms with Gasteiger partial charge in [0.25, 0.3) is 0 Å². The molecular weight excluding hydrogens is 303 g/mol. The standard InChI is InChI=1S/C17H14Cl2N2/c1-11-6-12(16-4-2-3-5-17(16)21-11)10-20-15-8-13(18)7-14(19)9-15/h2-9,20H,10H2,1H3. The number of rotatable bonds is 3. The predicted octanol–water partition coefficient (Wildman–Crippen LogP) is 5.46. The maximum atomic E-state index is 6.02. The van der Waals surface area contributed by atoms with Crippen molar-refractivity contribution in [2.24, 2.45) is 0 Å². The minimum atomic E-state index is 0.626. The van der Waals surface area contributed by atoms with Gasteiger partial charge in [0, 0.05) is 33.4 Å². The number of benzene rings is 2. The Kier molecular flexibility index (Phi) is 4.00. The fourth-order valence-electron chi connectivity index (χ4n) is 2.39. The van der Waals surface area contributed by atoms with E-state index in [0.717, 1.165) is 22.3 Å². The zero-order valence-corrected chi connectivity index (χ0v) is 13.0. The fourth-order valence-corrected chi connectivity index (χ4v) is 2.92.